The van der Waals surface area contributed by atoms with Gasteiger partial charge in [0.2, 0.25) is 11.8 Å². The summed E-state index contributed by atoms with van der Waals surface area (Å²) >= 11 is 0. The Balaban J connectivity index is 1.76. The molecule has 3 rings (SSSR count). The van der Waals surface area contributed by atoms with Crippen LogP contribution in [0.2, 0.25) is 0 Å². The number of hydrogen-bond acceptors (Lipinski definition) is 3. The molecular formula is C17H24N2O2. The number of nitriles is 1. The average Bonchev–Trinajstić information content (AvgIpc) is 2.91. The first kappa shape index (κ1) is 14.6. The molecule has 4 nitrogen and oxygen atoms in total. The summed E-state index contributed by atoms with van der Waals surface area (Å²) in [6.45, 7) is 0. The van der Waals surface area contributed by atoms with Crippen LogP contribution in [0.5, 0.6) is 0 Å². The molecule has 0 radical (unpaired) electrons. The van der Waals surface area contributed by atoms with Crippen LogP contribution in [0.1, 0.15) is 70.6 Å². The summed E-state index contributed by atoms with van der Waals surface area (Å²) in [5.41, 5.74) is -0.0722. The first-order valence-electron chi connectivity index (χ1n) is 8.40. The van der Waals surface area contributed by atoms with Crippen molar-refractivity contribution in [1.29, 1.82) is 5.26 Å². The highest BCUT2D eigenvalue weighted by Gasteiger charge is 2.48. The maximum Gasteiger partial charge on any atom is 0.230 e. The van der Waals surface area contributed by atoms with Crippen LogP contribution >= 0.6 is 0 Å². The Morgan fingerprint density at radius 2 is 1.57 bits per heavy atom. The molecule has 2 amide bonds. The van der Waals surface area contributed by atoms with E-state index in [2.05, 4.69) is 6.07 Å². The van der Waals surface area contributed by atoms with Crippen LogP contribution in [0, 0.1) is 22.7 Å². The second-order valence-electron chi connectivity index (χ2n) is 7.19. The predicted octanol–water partition coefficient (Wildman–Crippen LogP) is 3.17. The number of hydrogen-bond donors (Lipinski definition) is 0. The van der Waals surface area contributed by atoms with Crippen LogP contribution < -0.4 is 0 Å². The van der Waals surface area contributed by atoms with Crippen molar-refractivity contribution in [2.75, 3.05) is 0 Å². The third kappa shape index (κ3) is 2.71. The molecule has 3 fully saturated rings. The zero-order valence-corrected chi connectivity index (χ0v) is 12.6. The molecule has 0 aromatic rings. The van der Waals surface area contributed by atoms with Gasteiger partial charge in [0.1, 0.15) is 6.04 Å². The highest BCUT2D eigenvalue weighted by Crippen LogP contribution is 2.47. The molecule has 114 valence electrons. The van der Waals surface area contributed by atoms with Crippen molar-refractivity contribution in [3.8, 4) is 6.07 Å². The zero-order valence-electron chi connectivity index (χ0n) is 12.6. The minimum Gasteiger partial charge on any atom is -0.274 e. The Labute approximate surface area is 126 Å². The van der Waals surface area contributed by atoms with E-state index in [4.69, 9.17) is 0 Å². The van der Waals surface area contributed by atoms with Gasteiger partial charge in [0.05, 0.1) is 6.07 Å². The predicted molar refractivity (Wildman–Crippen MR) is 78.0 cm³/mol. The van der Waals surface area contributed by atoms with E-state index in [-0.39, 0.29) is 23.1 Å². The van der Waals surface area contributed by atoms with Crippen LogP contribution in [-0.4, -0.2) is 22.8 Å². The van der Waals surface area contributed by atoms with Crippen LogP contribution in [0.25, 0.3) is 0 Å². The summed E-state index contributed by atoms with van der Waals surface area (Å²) in [6.07, 6.45) is 10.6. The van der Waals surface area contributed by atoms with Gasteiger partial charge in [-0.05, 0) is 37.0 Å². The summed E-state index contributed by atoms with van der Waals surface area (Å²) in [7, 11) is 0. The molecule has 2 saturated carbocycles. The summed E-state index contributed by atoms with van der Waals surface area (Å²) in [5.74, 6) is 0.00447. The van der Waals surface area contributed by atoms with Crippen LogP contribution in [0.4, 0.5) is 0 Å². The summed E-state index contributed by atoms with van der Waals surface area (Å²) < 4.78 is 0. The molecule has 1 spiro atoms. The lowest BCUT2D eigenvalue weighted by atomic mass is 9.75. The number of piperidine rings is 1. The topological polar surface area (TPSA) is 61.2 Å². The Kier molecular flexibility index (Phi) is 4.01. The second-order valence-corrected chi connectivity index (χ2v) is 7.19. The molecule has 1 atom stereocenters. The van der Waals surface area contributed by atoms with E-state index in [9.17, 15) is 14.9 Å². The van der Waals surface area contributed by atoms with Crippen molar-refractivity contribution in [2.24, 2.45) is 11.3 Å². The van der Waals surface area contributed by atoms with Crippen LogP contribution in [0.3, 0.4) is 0 Å². The maximum absolute atomic E-state index is 12.6. The minimum atomic E-state index is -0.524. The molecule has 21 heavy (non-hydrogen) atoms. The van der Waals surface area contributed by atoms with Gasteiger partial charge in [0.15, 0.2) is 0 Å². The van der Waals surface area contributed by atoms with Crippen molar-refractivity contribution in [3.05, 3.63) is 0 Å². The Hall–Kier alpha value is -1.37. The number of rotatable bonds is 2. The fourth-order valence-corrected chi connectivity index (χ4v) is 4.63. The second kappa shape index (κ2) is 5.79. The lowest BCUT2D eigenvalue weighted by Gasteiger charge is -2.41. The number of likely N-dealkylation sites (tertiary alicyclic amines) is 1. The van der Waals surface area contributed by atoms with E-state index in [1.807, 2.05) is 0 Å². The van der Waals surface area contributed by atoms with Gasteiger partial charge >= 0.3 is 0 Å². The molecule has 0 aromatic carbocycles. The lowest BCUT2D eigenvalue weighted by molar-refractivity contribution is -0.156. The third-order valence-corrected chi connectivity index (χ3v) is 5.76. The largest absolute Gasteiger partial charge is 0.274 e. The molecule has 0 N–H and O–H groups in total. The highest BCUT2D eigenvalue weighted by atomic mass is 16.2. The fourth-order valence-electron chi connectivity index (χ4n) is 4.63. The molecule has 1 unspecified atom stereocenters. The van der Waals surface area contributed by atoms with Crippen molar-refractivity contribution in [1.82, 2.24) is 4.90 Å². The third-order valence-electron chi connectivity index (χ3n) is 5.76. The first-order chi connectivity index (χ1) is 10.2. The SMILES string of the molecule is N#CC(C1CCCCC1)N1C(=O)CC2(CCCC2)CC1=O. The number of nitrogens with zero attached hydrogens (tertiary/aromatic N) is 2. The Morgan fingerprint density at radius 1 is 1.00 bits per heavy atom. The van der Waals surface area contributed by atoms with E-state index in [1.165, 1.54) is 11.3 Å². The molecule has 2 aliphatic carbocycles. The van der Waals surface area contributed by atoms with E-state index in [0.717, 1.165) is 51.4 Å². The van der Waals surface area contributed by atoms with E-state index < -0.39 is 6.04 Å². The molecule has 0 bridgehead atoms. The monoisotopic (exact) mass is 288 g/mol. The summed E-state index contributed by atoms with van der Waals surface area (Å²) in [5, 5.41) is 9.53. The zero-order chi connectivity index (χ0) is 14.9. The van der Waals surface area contributed by atoms with Gasteiger partial charge in [0, 0.05) is 12.8 Å². The number of imide groups is 1. The smallest absolute Gasteiger partial charge is 0.230 e. The van der Waals surface area contributed by atoms with Gasteiger partial charge in [-0.3, -0.25) is 14.5 Å². The minimum absolute atomic E-state index is 0.0722. The number of carbonyl (C=O) groups excluding carboxylic acids is 2. The van der Waals surface area contributed by atoms with Gasteiger partial charge in [-0.15, -0.1) is 0 Å². The van der Waals surface area contributed by atoms with Crippen molar-refractivity contribution < 1.29 is 9.59 Å². The number of amides is 2. The van der Waals surface area contributed by atoms with E-state index in [1.54, 1.807) is 0 Å². The quantitative estimate of drug-likeness (QED) is 0.733. The fraction of sp³-hybridized carbons (Fsp3) is 0.824. The molecule has 3 aliphatic rings. The molecule has 1 saturated heterocycles. The van der Waals surface area contributed by atoms with Crippen molar-refractivity contribution >= 4 is 11.8 Å². The van der Waals surface area contributed by atoms with Crippen molar-refractivity contribution in [3.63, 3.8) is 0 Å². The normalized spacial score (nSPS) is 27.9. The van der Waals surface area contributed by atoms with Gasteiger partial charge in [-0.25, -0.2) is 0 Å². The standard InChI is InChI=1S/C17H24N2O2/c18-12-14(13-6-2-1-3-7-13)19-15(20)10-17(11-16(19)21)8-4-5-9-17/h13-14H,1-11H2. The molecule has 4 heteroatoms. The molecule has 1 aliphatic heterocycles. The lowest BCUT2D eigenvalue weighted by Crippen LogP contribution is -2.53. The van der Waals surface area contributed by atoms with Gasteiger partial charge in [-0.1, -0.05) is 32.1 Å². The molecular weight excluding hydrogens is 264 g/mol. The molecule has 1 heterocycles. The van der Waals surface area contributed by atoms with E-state index in [0.29, 0.717) is 12.8 Å². The summed E-state index contributed by atoms with van der Waals surface area (Å²) in [6, 6.07) is 1.74. The number of carbonyl (C=O) groups is 2. The maximum atomic E-state index is 12.6. The Bertz CT molecular complexity index is 448. The van der Waals surface area contributed by atoms with Gasteiger partial charge in [-0.2, -0.15) is 5.26 Å². The molecule has 0 aromatic heterocycles. The van der Waals surface area contributed by atoms with Crippen LogP contribution in [0.15, 0.2) is 0 Å². The summed E-state index contributed by atoms with van der Waals surface area (Å²) in [4.78, 5) is 26.5. The van der Waals surface area contributed by atoms with Gasteiger partial charge in [0.25, 0.3) is 0 Å². The van der Waals surface area contributed by atoms with Crippen LogP contribution in [-0.2, 0) is 9.59 Å². The van der Waals surface area contributed by atoms with Crippen molar-refractivity contribution in [2.45, 2.75) is 76.7 Å². The highest BCUT2D eigenvalue weighted by molar-refractivity contribution is 5.99. The first-order valence-corrected chi connectivity index (χ1v) is 8.40. The van der Waals surface area contributed by atoms with Gasteiger partial charge < -0.3 is 0 Å². The Morgan fingerprint density at radius 3 is 2.10 bits per heavy atom. The average molecular weight is 288 g/mol. The van der Waals surface area contributed by atoms with E-state index >= 15 is 0 Å².